The topological polar surface area (TPSA) is 106 Å². The van der Waals surface area contributed by atoms with Crippen LogP contribution < -0.4 is 20.5 Å². The van der Waals surface area contributed by atoms with Gasteiger partial charge in [0, 0.05) is 11.6 Å². The van der Waals surface area contributed by atoms with Gasteiger partial charge in [0.1, 0.15) is 17.2 Å². The van der Waals surface area contributed by atoms with E-state index in [9.17, 15) is 9.59 Å². The van der Waals surface area contributed by atoms with E-state index in [2.05, 4.69) is 20.5 Å². The summed E-state index contributed by atoms with van der Waals surface area (Å²) in [6, 6.07) is 8.98. The molecule has 0 unspecified atom stereocenters. The predicted molar refractivity (Wildman–Crippen MR) is 111 cm³/mol. The van der Waals surface area contributed by atoms with Gasteiger partial charge in [-0.3, -0.25) is 9.59 Å². The number of nitrogens with zero attached hydrogens (tertiary/aromatic N) is 2. The van der Waals surface area contributed by atoms with E-state index in [-0.39, 0.29) is 12.1 Å². The van der Waals surface area contributed by atoms with E-state index in [1.54, 1.807) is 25.3 Å². The molecule has 0 radical (unpaired) electrons. The number of H-pyrrole nitrogens is 1. The molecule has 1 amide bonds. The van der Waals surface area contributed by atoms with Gasteiger partial charge in [0.15, 0.2) is 0 Å². The summed E-state index contributed by atoms with van der Waals surface area (Å²) in [4.78, 5) is 31.6. The minimum Gasteiger partial charge on any atom is -0.497 e. The number of hydrogen-bond donors (Lipinski definition) is 2. The van der Waals surface area contributed by atoms with Crippen LogP contribution in [0.4, 0.5) is 0 Å². The zero-order valence-electron chi connectivity index (χ0n) is 16.7. The van der Waals surface area contributed by atoms with Gasteiger partial charge in [-0.25, -0.2) is 10.4 Å². The Morgan fingerprint density at radius 3 is 2.66 bits per heavy atom. The quantitative estimate of drug-likeness (QED) is 0.493. The smallest absolute Gasteiger partial charge is 0.270 e. The van der Waals surface area contributed by atoms with E-state index in [1.807, 2.05) is 26.0 Å². The van der Waals surface area contributed by atoms with Gasteiger partial charge >= 0.3 is 0 Å². The molecule has 0 aliphatic rings. The Balaban J connectivity index is 1.73. The monoisotopic (exact) mass is 394 g/mol. The van der Waals surface area contributed by atoms with Crippen molar-refractivity contribution >= 4 is 23.2 Å². The zero-order chi connectivity index (χ0) is 21.0. The highest BCUT2D eigenvalue weighted by Crippen LogP contribution is 2.23. The lowest BCUT2D eigenvalue weighted by molar-refractivity contribution is -0.120. The maximum atomic E-state index is 12.2. The van der Waals surface area contributed by atoms with Crippen molar-refractivity contribution in [3.05, 3.63) is 63.1 Å². The van der Waals surface area contributed by atoms with Crippen LogP contribution in [0.25, 0.3) is 11.0 Å². The summed E-state index contributed by atoms with van der Waals surface area (Å²) in [5, 5.41) is 3.93. The average Bonchev–Trinajstić information content (AvgIpc) is 2.70. The van der Waals surface area contributed by atoms with Crippen molar-refractivity contribution in [2.75, 3.05) is 14.2 Å². The molecule has 0 aliphatic heterocycles. The highest BCUT2D eigenvalue weighted by atomic mass is 16.5. The lowest BCUT2D eigenvalue weighted by atomic mass is 10.1. The van der Waals surface area contributed by atoms with Crippen molar-refractivity contribution in [2.45, 2.75) is 20.3 Å². The third-order valence-electron chi connectivity index (χ3n) is 4.54. The third kappa shape index (κ3) is 4.60. The molecule has 0 saturated carbocycles. The summed E-state index contributed by atoms with van der Waals surface area (Å²) in [6.45, 7) is 3.93. The Labute approximate surface area is 167 Å². The largest absolute Gasteiger partial charge is 0.497 e. The molecule has 3 aromatic rings. The van der Waals surface area contributed by atoms with Crippen LogP contribution in [0.15, 0.2) is 40.2 Å². The maximum absolute atomic E-state index is 12.2. The molecule has 2 aromatic carbocycles. The third-order valence-corrected chi connectivity index (χ3v) is 4.54. The molecule has 1 heterocycles. The van der Waals surface area contributed by atoms with E-state index in [0.29, 0.717) is 28.1 Å². The van der Waals surface area contributed by atoms with E-state index in [1.165, 1.54) is 13.3 Å². The summed E-state index contributed by atoms with van der Waals surface area (Å²) < 4.78 is 10.4. The minimum atomic E-state index is -0.449. The second-order valence-electron chi connectivity index (χ2n) is 6.54. The Morgan fingerprint density at radius 1 is 1.17 bits per heavy atom. The summed E-state index contributed by atoms with van der Waals surface area (Å²) >= 11 is 0. The molecule has 3 rings (SSSR count). The number of aromatic nitrogens is 2. The Bertz CT molecular complexity index is 1150. The number of aryl methyl sites for hydroxylation is 2. The molecule has 0 fully saturated rings. The number of hydrogen-bond acceptors (Lipinski definition) is 6. The number of carbonyl (C=O) groups is 1. The van der Waals surface area contributed by atoms with Crippen LogP contribution in [0.5, 0.6) is 11.5 Å². The van der Waals surface area contributed by atoms with Crippen LogP contribution in [0.2, 0.25) is 0 Å². The fourth-order valence-corrected chi connectivity index (χ4v) is 2.79. The maximum Gasteiger partial charge on any atom is 0.270 e. The SMILES string of the molecule is COc1ccc(/C=N/NC(=O)Cc2nc3cc(C)c(C)cc3[nH]c2=O)c(OC)c1. The molecule has 0 bridgehead atoms. The first kappa shape index (κ1) is 20.1. The molecule has 29 heavy (non-hydrogen) atoms. The van der Waals surface area contributed by atoms with Crippen molar-refractivity contribution < 1.29 is 14.3 Å². The standard InChI is InChI=1S/C21H22N4O4/c1-12-7-16-17(8-13(12)2)24-21(27)18(23-16)10-20(26)25-22-11-14-5-6-15(28-3)9-19(14)29-4/h5-9,11H,10H2,1-4H3,(H,24,27)(H,25,26)/b22-11+. The minimum absolute atomic E-state index is 0.135. The molecule has 0 saturated heterocycles. The van der Waals surface area contributed by atoms with Crippen molar-refractivity contribution in [2.24, 2.45) is 5.10 Å². The molecule has 0 spiro atoms. The number of carbonyl (C=O) groups excluding carboxylic acids is 1. The fourth-order valence-electron chi connectivity index (χ4n) is 2.79. The molecule has 8 heteroatoms. The van der Waals surface area contributed by atoms with Gasteiger partial charge in [0.25, 0.3) is 5.56 Å². The number of aromatic amines is 1. The van der Waals surface area contributed by atoms with E-state index in [4.69, 9.17) is 9.47 Å². The van der Waals surface area contributed by atoms with Gasteiger partial charge in [0.05, 0.1) is 37.9 Å². The van der Waals surface area contributed by atoms with Crippen LogP contribution in [0, 0.1) is 13.8 Å². The average molecular weight is 394 g/mol. The number of ether oxygens (including phenoxy) is 2. The molecular formula is C21H22N4O4. The van der Waals surface area contributed by atoms with E-state index in [0.717, 1.165) is 11.1 Å². The summed E-state index contributed by atoms with van der Waals surface area (Å²) in [7, 11) is 3.10. The molecule has 2 N–H and O–H groups in total. The number of methoxy groups -OCH3 is 2. The van der Waals surface area contributed by atoms with E-state index >= 15 is 0 Å². The van der Waals surface area contributed by atoms with Crippen molar-refractivity contribution in [1.82, 2.24) is 15.4 Å². The zero-order valence-corrected chi connectivity index (χ0v) is 16.7. The first-order chi connectivity index (χ1) is 13.9. The van der Waals surface area contributed by atoms with Gasteiger partial charge in [-0.15, -0.1) is 0 Å². The van der Waals surface area contributed by atoms with Gasteiger partial charge in [-0.2, -0.15) is 5.10 Å². The van der Waals surface area contributed by atoms with Crippen LogP contribution in [0.1, 0.15) is 22.4 Å². The Kier molecular flexibility index (Phi) is 5.92. The number of amides is 1. The Hall–Kier alpha value is -3.68. The first-order valence-electron chi connectivity index (χ1n) is 8.95. The molecular weight excluding hydrogens is 372 g/mol. The van der Waals surface area contributed by atoms with Gasteiger partial charge in [-0.05, 0) is 49.2 Å². The van der Waals surface area contributed by atoms with Crippen LogP contribution >= 0.6 is 0 Å². The molecule has 8 nitrogen and oxygen atoms in total. The lowest BCUT2D eigenvalue weighted by Gasteiger charge is -2.07. The fraction of sp³-hybridized carbons (Fsp3) is 0.238. The molecule has 1 aromatic heterocycles. The highest BCUT2D eigenvalue weighted by molar-refractivity contribution is 5.86. The number of hydrazone groups is 1. The lowest BCUT2D eigenvalue weighted by Crippen LogP contribution is -2.25. The first-order valence-corrected chi connectivity index (χ1v) is 8.95. The van der Waals surface area contributed by atoms with Crippen molar-refractivity contribution in [3.8, 4) is 11.5 Å². The normalized spacial score (nSPS) is 11.0. The Morgan fingerprint density at radius 2 is 1.93 bits per heavy atom. The van der Waals surface area contributed by atoms with Crippen LogP contribution in [0.3, 0.4) is 0 Å². The second kappa shape index (κ2) is 8.55. The summed E-state index contributed by atoms with van der Waals surface area (Å²) in [6.07, 6.45) is 1.27. The van der Waals surface area contributed by atoms with Crippen LogP contribution in [-0.4, -0.2) is 36.3 Å². The number of fused-ring (bicyclic) bond motifs is 1. The number of rotatable bonds is 6. The van der Waals surface area contributed by atoms with Gasteiger partial charge in [-0.1, -0.05) is 0 Å². The van der Waals surface area contributed by atoms with Gasteiger partial charge in [0.2, 0.25) is 5.91 Å². The number of benzene rings is 2. The van der Waals surface area contributed by atoms with Crippen LogP contribution in [-0.2, 0) is 11.2 Å². The van der Waals surface area contributed by atoms with Crippen molar-refractivity contribution in [1.29, 1.82) is 0 Å². The summed E-state index contributed by atoms with van der Waals surface area (Å²) in [5.74, 6) is 0.755. The van der Waals surface area contributed by atoms with E-state index < -0.39 is 11.5 Å². The van der Waals surface area contributed by atoms with Crippen molar-refractivity contribution in [3.63, 3.8) is 0 Å². The van der Waals surface area contributed by atoms with Gasteiger partial charge < -0.3 is 14.5 Å². The highest BCUT2D eigenvalue weighted by Gasteiger charge is 2.11. The second-order valence-corrected chi connectivity index (χ2v) is 6.54. The molecule has 0 atom stereocenters. The summed E-state index contributed by atoms with van der Waals surface area (Å²) in [5.41, 5.74) is 6.22. The number of nitrogens with one attached hydrogen (secondary N) is 2. The molecule has 0 aliphatic carbocycles. The molecule has 150 valence electrons. The predicted octanol–water partition coefficient (Wildman–Crippen LogP) is 2.25.